The molecule has 5 nitrogen and oxygen atoms in total. The summed E-state index contributed by atoms with van der Waals surface area (Å²) >= 11 is 0. The second kappa shape index (κ2) is 5.77. The van der Waals surface area contributed by atoms with Crippen molar-refractivity contribution in [3.63, 3.8) is 0 Å². The molecule has 2 atom stereocenters. The third kappa shape index (κ3) is 3.09. The van der Waals surface area contributed by atoms with Gasteiger partial charge >= 0.3 is 0 Å². The first kappa shape index (κ1) is 13.3. The number of nitrogens with zero attached hydrogens (tertiary/aromatic N) is 3. The Balaban J connectivity index is 1.50. The molecule has 5 heteroatoms. The fraction of sp³-hybridized carbons (Fsp3) is 0.929. The molecule has 0 aromatic carbocycles. The summed E-state index contributed by atoms with van der Waals surface area (Å²) in [6.07, 6.45) is 3.24. The Morgan fingerprint density at radius 3 is 2.95 bits per heavy atom. The first-order chi connectivity index (χ1) is 9.22. The predicted molar refractivity (Wildman–Crippen MR) is 75.1 cm³/mol. The minimum absolute atomic E-state index is 0.341. The average molecular weight is 266 g/mol. The summed E-state index contributed by atoms with van der Waals surface area (Å²) in [5.41, 5.74) is 0. The largest absolute Gasteiger partial charge is 0.340 e. The maximum Gasteiger partial charge on any atom is 0.224 e. The van der Waals surface area contributed by atoms with Crippen LogP contribution in [0.15, 0.2) is 0 Å². The number of rotatable bonds is 2. The van der Waals surface area contributed by atoms with Crippen molar-refractivity contribution in [2.75, 3.05) is 52.9 Å². The lowest BCUT2D eigenvalue weighted by atomic mass is 10.1. The molecule has 1 amide bonds. The van der Waals surface area contributed by atoms with Crippen LogP contribution in [0.25, 0.3) is 0 Å². The van der Waals surface area contributed by atoms with E-state index >= 15 is 0 Å². The molecule has 0 radical (unpaired) electrons. The summed E-state index contributed by atoms with van der Waals surface area (Å²) in [6, 6.07) is 0.979. The predicted octanol–water partition coefficient (Wildman–Crippen LogP) is -0.413. The van der Waals surface area contributed by atoms with E-state index in [0.717, 1.165) is 39.3 Å². The molecule has 19 heavy (non-hydrogen) atoms. The SMILES string of the molecule is CN1CCNC(CC(=O)N2CCN3CCCC3C2)C1. The summed E-state index contributed by atoms with van der Waals surface area (Å²) in [6.45, 7) is 7.29. The highest BCUT2D eigenvalue weighted by Gasteiger charge is 2.33. The molecule has 0 saturated carbocycles. The third-order valence-electron chi connectivity index (χ3n) is 4.82. The minimum atomic E-state index is 0.341. The molecular weight excluding hydrogens is 240 g/mol. The maximum atomic E-state index is 12.4. The van der Waals surface area contributed by atoms with Crippen LogP contribution >= 0.6 is 0 Å². The van der Waals surface area contributed by atoms with Crippen LogP contribution in [0.1, 0.15) is 19.3 Å². The molecular formula is C14H26N4O. The number of hydrogen-bond donors (Lipinski definition) is 1. The number of amides is 1. The number of carbonyl (C=O) groups excluding carboxylic acids is 1. The topological polar surface area (TPSA) is 38.8 Å². The van der Waals surface area contributed by atoms with E-state index in [0.29, 0.717) is 24.4 Å². The Labute approximate surface area is 115 Å². The van der Waals surface area contributed by atoms with Crippen molar-refractivity contribution in [1.29, 1.82) is 0 Å². The van der Waals surface area contributed by atoms with Crippen LogP contribution in [-0.2, 0) is 4.79 Å². The fourth-order valence-corrected chi connectivity index (χ4v) is 3.69. The molecule has 0 aromatic heterocycles. The monoisotopic (exact) mass is 266 g/mol. The van der Waals surface area contributed by atoms with Gasteiger partial charge in [-0.05, 0) is 26.4 Å². The summed E-state index contributed by atoms with van der Waals surface area (Å²) < 4.78 is 0. The van der Waals surface area contributed by atoms with Gasteiger partial charge in [-0.25, -0.2) is 0 Å². The highest BCUT2D eigenvalue weighted by molar-refractivity contribution is 5.77. The second-order valence-electron chi connectivity index (χ2n) is 6.29. The lowest BCUT2D eigenvalue weighted by Gasteiger charge is -2.38. The van der Waals surface area contributed by atoms with E-state index in [-0.39, 0.29) is 0 Å². The number of likely N-dealkylation sites (N-methyl/N-ethyl adjacent to an activating group) is 1. The van der Waals surface area contributed by atoms with Crippen LogP contribution in [0.3, 0.4) is 0 Å². The van der Waals surface area contributed by atoms with Crippen molar-refractivity contribution in [2.24, 2.45) is 0 Å². The van der Waals surface area contributed by atoms with Crippen LogP contribution < -0.4 is 5.32 Å². The van der Waals surface area contributed by atoms with Crippen LogP contribution in [0.4, 0.5) is 0 Å². The average Bonchev–Trinajstić information content (AvgIpc) is 2.85. The zero-order valence-electron chi connectivity index (χ0n) is 12.0. The molecule has 2 unspecified atom stereocenters. The third-order valence-corrected chi connectivity index (χ3v) is 4.82. The molecule has 3 aliphatic heterocycles. The minimum Gasteiger partial charge on any atom is -0.340 e. The van der Waals surface area contributed by atoms with Gasteiger partial charge in [0, 0.05) is 57.8 Å². The van der Waals surface area contributed by atoms with Gasteiger partial charge in [-0.15, -0.1) is 0 Å². The molecule has 0 spiro atoms. The van der Waals surface area contributed by atoms with Gasteiger partial charge in [-0.2, -0.15) is 0 Å². The van der Waals surface area contributed by atoms with E-state index in [2.05, 4.69) is 27.1 Å². The zero-order chi connectivity index (χ0) is 13.2. The summed E-state index contributed by atoms with van der Waals surface area (Å²) in [7, 11) is 2.13. The summed E-state index contributed by atoms with van der Waals surface area (Å²) in [5, 5.41) is 3.47. The van der Waals surface area contributed by atoms with Crippen molar-refractivity contribution in [3.8, 4) is 0 Å². The van der Waals surface area contributed by atoms with E-state index in [1.54, 1.807) is 0 Å². The van der Waals surface area contributed by atoms with Crippen LogP contribution in [0.5, 0.6) is 0 Å². The lowest BCUT2D eigenvalue weighted by Crippen LogP contribution is -2.55. The molecule has 3 rings (SSSR count). The van der Waals surface area contributed by atoms with E-state index in [1.165, 1.54) is 19.4 Å². The van der Waals surface area contributed by atoms with Gasteiger partial charge in [-0.1, -0.05) is 0 Å². The van der Waals surface area contributed by atoms with E-state index in [1.807, 2.05) is 0 Å². The van der Waals surface area contributed by atoms with Crippen molar-refractivity contribution >= 4 is 5.91 Å². The highest BCUT2D eigenvalue weighted by Crippen LogP contribution is 2.22. The Bertz CT molecular complexity index is 335. The Morgan fingerprint density at radius 1 is 1.21 bits per heavy atom. The van der Waals surface area contributed by atoms with Gasteiger partial charge in [0.15, 0.2) is 0 Å². The Kier molecular flexibility index (Phi) is 4.05. The number of piperazine rings is 2. The molecule has 0 aliphatic carbocycles. The number of hydrogen-bond acceptors (Lipinski definition) is 4. The van der Waals surface area contributed by atoms with Gasteiger partial charge in [0.1, 0.15) is 0 Å². The van der Waals surface area contributed by atoms with Gasteiger partial charge in [0.2, 0.25) is 5.91 Å². The smallest absolute Gasteiger partial charge is 0.224 e. The summed E-state index contributed by atoms with van der Waals surface area (Å²) in [5.74, 6) is 0.347. The Hall–Kier alpha value is -0.650. The van der Waals surface area contributed by atoms with E-state index < -0.39 is 0 Å². The lowest BCUT2D eigenvalue weighted by molar-refractivity contribution is -0.134. The normalized spacial score (nSPS) is 33.4. The molecule has 108 valence electrons. The van der Waals surface area contributed by atoms with Crippen molar-refractivity contribution in [3.05, 3.63) is 0 Å². The van der Waals surface area contributed by atoms with Crippen molar-refractivity contribution in [1.82, 2.24) is 20.0 Å². The van der Waals surface area contributed by atoms with Crippen LogP contribution in [-0.4, -0.2) is 85.6 Å². The molecule has 0 bridgehead atoms. The Morgan fingerprint density at radius 2 is 2.11 bits per heavy atom. The van der Waals surface area contributed by atoms with Gasteiger partial charge in [0.25, 0.3) is 0 Å². The molecule has 3 heterocycles. The zero-order valence-corrected chi connectivity index (χ0v) is 12.0. The number of fused-ring (bicyclic) bond motifs is 1. The van der Waals surface area contributed by atoms with Crippen molar-refractivity contribution in [2.45, 2.75) is 31.3 Å². The fourth-order valence-electron chi connectivity index (χ4n) is 3.69. The second-order valence-corrected chi connectivity index (χ2v) is 6.29. The van der Waals surface area contributed by atoms with Crippen LogP contribution in [0.2, 0.25) is 0 Å². The summed E-state index contributed by atoms with van der Waals surface area (Å²) in [4.78, 5) is 19.4. The van der Waals surface area contributed by atoms with Gasteiger partial charge < -0.3 is 15.1 Å². The van der Waals surface area contributed by atoms with Gasteiger partial charge in [0.05, 0.1) is 0 Å². The maximum absolute atomic E-state index is 12.4. The standard InChI is InChI=1S/C14H26N4O/c1-16-6-4-15-12(10-16)9-14(19)18-8-7-17-5-2-3-13(17)11-18/h12-13,15H,2-11H2,1H3. The molecule has 0 aromatic rings. The van der Waals surface area contributed by atoms with E-state index in [9.17, 15) is 4.79 Å². The molecule has 1 N–H and O–H groups in total. The molecule has 3 saturated heterocycles. The first-order valence-electron chi connectivity index (χ1n) is 7.66. The number of carbonyl (C=O) groups is 1. The van der Waals surface area contributed by atoms with Crippen LogP contribution in [0, 0.1) is 0 Å². The van der Waals surface area contributed by atoms with E-state index in [4.69, 9.17) is 0 Å². The first-order valence-corrected chi connectivity index (χ1v) is 7.66. The molecule has 3 fully saturated rings. The van der Waals surface area contributed by atoms with Crippen molar-refractivity contribution < 1.29 is 4.79 Å². The quantitative estimate of drug-likeness (QED) is 0.737. The number of nitrogens with one attached hydrogen (secondary N) is 1. The molecule has 3 aliphatic rings. The van der Waals surface area contributed by atoms with Gasteiger partial charge in [-0.3, -0.25) is 9.69 Å². The highest BCUT2D eigenvalue weighted by atomic mass is 16.2.